The van der Waals surface area contributed by atoms with Crippen molar-refractivity contribution in [3.05, 3.63) is 80.7 Å². The first-order valence-electron chi connectivity index (χ1n) is 10.7. The number of amides is 1. The number of carbonyl (C=O) groups is 1. The van der Waals surface area contributed by atoms with Crippen LogP contribution in [0.5, 0.6) is 0 Å². The summed E-state index contributed by atoms with van der Waals surface area (Å²) in [6, 6.07) is 14.1. The van der Waals surface area contributed by atoms with Gasteiger partial charge in [-0.15, -0.1) is 0 Å². The fraction of sp³-hybridized carbons (Fsp3) is 0.333. The fourth-order valence-corrected chi connectivity index (χ4v) is 4.79. The van der Waals surface area contributed by atoms with Crippen LogP contribution in [0.2, 0.25) is 5.02 Å². The Morgan fingerprint density at radius 2 is 1.84 bits per heavy atom. The zero-order valence-corrected chi connectivity index (χ0v) is 17.9. The summed E-state index contributed by atoms with van der Waals surface area (Å²) >= 11 is 6.13. The Balaban J connectivity index is 1.52. The van der Waals surface area contributed by atoms with E-state index in [1.165, 1.54) is 4.90 Å². The maximum absolute atomic E-state index is 13.5. The molecular weight excluding hydrogens is 416 g/mol. The van der Waals surface area contributed by atoms with Gasteiger partial charge in [0.15, 0.2) is 5.43 Å². The SMILES string of the molecule is O=C1c2oc3ccc(Cl)cc3c(=O)c2[C@@H](c2ccccc2)N1CCC[NH+]1CCOCC1. The summed E-state index contributed by atoms with van der Waals surface area (Å²) in [5.41, 5.74) is 1.50. The van der Waals surface area contributed by atoms with Crippen LogP contribution in [0.3, 0.4) is 0 Å². The van der Waals surface area contributed by atoms with Crippen LogP contribution in [0.4, 0.5) is 0 Å². The van der Waals surface area contributed by atoms with Gasteiger partial charge in [-0.3, -0.25) is 9.59 Å². The highest BCUT2D eigenvalue weighted by Crippen LogP contribution is 2.38. The first-order chi connectivity index (χ1) is 15.1. The van der Waals surface area contributed by atoms with Crippen LogP contribution < -0.4 is 10.3 Å². The summed E-state index contributed by atoms with van der Waals surface area (Å²) in [6.07, 6.45) is 0.845. The van der Waals surface area contributed by atoms with Gasteiger partial charge in [0, 0.05) is 18.0 Å². The molecule has 2 aliphatic rings. The van der Waals surface area contributed by atoms with Crippen molar-refractivity contribution in [2.45, 2.75) is 12.5 Å². The van der Waals surface area contributed by atoms with Crippen LogP contribution in [0.1, 0.15) is 34.1 Å². The van der Waals surface area contributed by atoms with Crippen molar-refractivity contribution >= 4 is 28.5 Å². The molecule has 1 amide bonds. The second-order valence-electron chi connectivity index (χ2n) is 8.09. The van der Waals surface area contributed by atoms with E-state index in [1.807, 2.05) is 30.3 Å². The summed E-state index contributed by atoms with van der Waals surface area (Å²) in [5.74, 6) is -0.0813. The van der Waals surface area contributed by atoms with Gasteiger partial charge in [0.25, 0.3) is 5.91 Å². The maximum atomic E-state index is 13.5. The van der Waals surface area contributed by atoms with Crippen molar-refractivity contribution in [3.63, 3.8) is 0 Å². The van der Waals surface area contributed by atoms with Crippen LogP contribution in [-0.2, 0) is 4.74 Å². The average Bonchev–Trinajstić information content (AvgIpc) is 3.08. The molecule has 31 heavy (non-hydrogen) atoms. The lowest BCUT2D eigenvalue weighted by Crippen LogP contribution is -3.14. The quantitative estimate of drug-likeness (QED) is 0.662. The van der Waals surface area contributed by atoms with Crippen molar-refractivity contribution in [3.8, 4) is 0 Å². The van der Waals surface area contributed by atoms with E-state index in [0.717, 1.165) is 44.8 Å². The van der Waals surface area contributed by atoms with E-state index in [2.05, 4.69) is 0 Å². The molecule has 2 aliphatic heterocycles. The van der Waals surface area contributed by atoms with E-state index >= 15 is 0 Å². The van der Waals surface area contributed by atoms with Crippen LogP contribution in [0.25, 0.3) is 11.0 Å². The van der Waals surface area contributed by atoms with E-state index in [-0.39, 0.29) is 17.1 Å². The number of hydrogen-bond donors (Lipinski definition) is 1. The predicted octanol–water partition coefficient (Wildman–Crippen LogP) is 2.30. The van der Waals surface area contributed by atoms with Crippen molar-refractivity contribution in [1.82, 2.24) is 4.90 Å². The molecule has 7 heteroatoms. The molecule has 5 rings (SSSR count). The van der Waals surface area contributed by atoms with Crippen molar-refractivity contribution in [2.75, 3.05) is 39.4 Å². The number of fused-ring (bicyclic) bond motifs is 2. The summed E-state index contributed by atoms with van der Waals surface area (Å²) in [5, 5.41) is 0.866. The minimum absolute atomic E-state index is 0.146. The second-order valence-corrected chi connectivity index (χ2v) is 8.53. The van der Waals surface area contributed by atoms with Gasteiger partial charge in [-0.2, -0.15) is 0 Å². The molecule has 0 unspecified atom stereocenters. The summed E-state index contributed by atoms with van der Waals surface area (Å²) < 4.78 is 11.4. The Hall–Kier alpha value is -2.67. The van der Waals surface area contributed by atoms with Crippen LogP contribution in [0.15, 0.2) is 57.7 Å². The van der Waals surface area contributed by atoms with Gasteiger partial charge in [0.1, 0.15) is 18.7 Å². The fourth-order valence-electron chi connectivity index (χ4n) is 4.61. The third-order valence-corrected chi connectivity index (χ3v) is 6.41. The number of nitrogens with one attached hydrogen (secondary N) is 1. The minimum Gasteiger partial charge on any atom is -0.450 e. The van der Waals surface area contributed by atoms with Crippen LogP contribution >= 0.6 is 11.6 Å². The topological polar surface area (TPSA) is 64.2 Å². The molecule has 0 spiro atoms. The third kappa shape index (κ3) is 3.76. The molecule has 1 saturated heterocycles. The number of ether oxygens (including phenoxy) is 1. The highest BCUT2D eigenvalue weighted by Gasteiger charge is 2.42. The molecule has 0 radical (unpaired) electrons. The zero-order chi connectivity index (χ0) is 21.4. The lowest BCUT2D eigenvalue weighted by atomic mass is 9.98. The van der Waals surface area contributed by atoms with Gasteiger partial charge >= 0.3 is 0 Å². The Labute approximate surface area is 185 Å². The summed E-state index contributed by atoms with van der Waals surface area (Å²) in [7, 11) is 0. The number of halogens is 1. The van der Waals surface area contributed by atoms with Gasteiger partial charge in [0.05, 0.1) is 36.8 Å². The molecule has 6 nitrogen and oxygen atoms in total. The van der Waals surface area contributed by atoms with E-state index < -0.39 is 6.04 Å². The maximum Gasteiger partial charge on any atom is 0.290 e. The van der Waals surface area contributed by atoms with Gasteiger partial charge in [-0.05, 0) is 23.8 Å². The smallest absolute Gasteiger partial charge is 0.290 e. The standard InChI is InChI=1S/C24H23ClN2O4/c25-17-7-8-19-18(15-17)22(28)20-21(16-5-2-1-3-6-16)27(24(29)23(20)31-19)10-4-9-26-11-13-30-14-12-26/h1-3,5-8,15,21H,4,9-14H2/p+1/t21-/m1/s1. The Kier molecular flexibility index (Phi) is 5.52. The molecule has 1 atom stereocenters. The molecule has 3 heterocycles. The van der Waals surface area contributed by atoms with Gasteiger partial charge in [-0.1, -0.05) is 41.9 Å². The summed E-state index contributed by atoms with van der Waals surface area (Å²) in [6.45, 7) is 5.06. The molecule has 3 aromatic rings. The predicted molar refractivity (Wildman–Crippen MR) is 118 cm³/mol. The Bertz CT molecular complexity index is 1170. The van der Waals surface area contributed by atoms with Crippen molar-refractivity contribution in [1.29, 1.82) is 0 Å². The molecule has 0 bridgehead atoms. The van der Waals surface area contributed by atoms with Crippen molar-refractivity contribution < 1.29 is 18.8 Å². The molecule has 0 saturated carbocycles. The van der Waals surface area contributed by atoms with E-state index in [0.29, 0.717) is 28.1 Å². The molecule has 1 N–H and O–H groups in total. The lowest BCUT2D eigenvalue weighted by Gasteiger charge is -2.27. The van der Waals surface area contributed by atoms with E-state index in [9.17, 15) is 9.59 Å². The Morgan fingerprint density at radius 3 is 2.61 bits per heavy atom. The molecule has 2 aromatic carbocycles. The largest absolute Gasteiger partial charge is 0.450 e. The number of rotatable bonds is 5. The monoisotopic (exact) mass is 439 g/mol. The second kappa shape index (κ2) is 8.46. The first kappa shape index (κ1) is 20.2. The van der Waals surface area contributed by atoms with Gasteiger partial charge in [-0.25, -0.2) is 0 Å². The van der Waals surface area contributed by atoms with Gasteiger partial charge < -0.3 is 19.0 Å². The lowest BCUT2D eigenvalue weighted by molar-refractivity contribution is -0.908. The number of quaternary nitrogens is 1. The van der Waals surface area contributed by atoms with E-state index in [1.54, 1.807) is 23.1 Å². The van der Waals surface area contributed by atoms with Crippen LogP contribution in [-0.4, -0.2) is 50.2 Å². The minimum atomic E-state index is -0.456. The molecule has 1 fully saturated rings. The van der Waals surface area contributed by atoms with Crippen LogP contribution in [0, 0.1) is 0 Å². The highest BCUT2D eigenvalue weighted by molar-refractivity contribution is 6.31. The third-order valence-electron chi connectivity index (χ3n) is 6.17. The molecule has 1 aromatic heterocycles. The highest BCUT2D eigenvalue weighted by atomic mass is 35.5. The summed E-state index contributed by atoms with van der Waals surface area (Å²) in [4.78, 5) is 30.1. The molecule has 0 aliphatic carbocycles. The molecule has 160 valence electrons. The first-order valence-corrected chi connectivity index (χ1v) is 11.0. The Morgan fingerprint density at radius 1 is 1.06 bits per heavy atom. The number of benzene rings is 2. The van der Waals surface area contributed by atoms with E-state index in [4.69, 9.17) is 20.8 Å². The normalized spacial score (nSPS) is 19.2. The molecular formula is C24H24ClN2O4+. The van der Waals surface area contributed by atoms with Gasteiger partial charge in [0.2, 0.25) is 5.76 Å². The average molecular weight is 440 g/mol. The number of hydrogen-bond acceptors (Lipinski definition) is 4. The van der Waals surface area contributed by atoms with Crippen molar-refractivity contribution in [2.24, 2.45) is 0 Å². The zero-order valence-electron chi connectivity index (χ0n) is 17.1. The number of carbonyl (C=O) groups excluding carboxylic acids is 1. The number of nitrogens with zero attached hydrogens (tertiary/aromatic N) is 1. The number of morpholine rings is 1.